The fourth-order valence-corrected chi connectivity index (χ4v) is 3.86. The summed E-state index contributed by atoms with van der Waals surface area (Å²) < 4.78 is 83.4. The Labute approximate surface area is 198 Å². The van der Waals surface area contributed by atoms with Gasteiger partial charge in [0, 0.05) is 23.6 Å². The van der Waals surface area contributed by atoms with Gasteiger partial charge in [-0.25, -0.2) is 0 Å². The Morgan fingerprint density at radius 3 is 2.03 bits per heavy atom. The lowest BCUT2D eigenvalue weighted by Crippen LogP contribution is -2.37. The summed E-state index contributed by atoms with van der Waals surface area (Å²) in [4.78, 5) is 16.7. The highest BCUT2D eigenvalue weighted by Gasteiger charge is 2.37. The molecule has 0 saturated heterocycles. The highest BCUT2D eigenvalue weighted by molar-refractivity contribution is 5.94. The van der Waals surface area contributed by atoms with E-state index in [0.29, 0.717) is 30.4 Å². The number of rotatable bonds is 6. The maximum atomic E-state index is 13.0. The molecule has 0 spiro atoms. The number of nitrogens with one attached hydrogen (secondary N) is 2. The van der Waals surface area contributed by atoms with Gasteiger partial charge in [-0.15, -0.1) is 0 Å². The number of carbonyl (C=O) groups excluding carboxylic acids is 1. The summed E-state index contributed by atoms with van der Waals surface area (Å²) in [6.45, 7) is 6.53. The van der Waals surface area contributed by atoms with Crippen LogP contribution in [0.3, 0.4) is 0 Å². The minimum absolute atomic E-state index is 0.00353. The number of hydrogen-bond donors (Lipinski definition) is 2. The summed E-state index contributed by atoms with van der Waals surface area (Å²) >= 11 is 0. The molecule has 1 aliphatic carbocycles. The largest absolute Gasteiger partial charge is 0.416 e. The van der Waals surface area contributed by atoms with Gasteiger partial charge in [-0.3, -0.25) is 4.79 Å². The second-order valence-corrected chi connectivity index (χ2v) is 9.87. The third-order valence-corrected chi connectivity index (χ3v) is 5.91. The van der Waals surface area contributed by atoms with Crippen molar-refractivity contribution in [2.24, 2.45) is 5.92 Å². The van der Waals surface area contributed by atoms with Gasteiger partial charge in [0.25, 0.3) is 5.91 Å². The Morgan fingerprint density at radius 1 is 0.971 bits per heavy atom. The Balaban J connectivity index is 1.50. The summed E-state index contributed by atoms with van der Waals surface area (Å²) in [6, 6.07) is 1.09. The van der Waals surface area contributed by atoms with E-state index in [9.17, 15) is 31.1 Å². The first-order chi connectivity index (χ1) is 16.1. The summed E-state index contributed by atoms with van der Waals surface area (Å²) in [5.74, 6) is 0.219. The Morgan fingerprint density at radius 2 is 1.54 bits per heavy atom. The van der Waals surface area contributed by atoms with Gasteiger partial charge in [0.05, 0.1) is 17.7 Å². The van der Waals surface area contributed by atoms with Crippen molar-refractivity contribution in [1.29, 1.82) is 0 Å². The van der Waals surface area contributed by atoms with Crippen LogP contribution in [0.2, 0.25) is 0 Å². The van der Waals surface area contributed by atoms with E-state index in [1.165, 1.54) is 0 Å². The van der Waals surface area contributed by atoms with E-state index in [-0.39, 0.29) is 30.0 Å². The van der Waals surface area contributed by atoms with Gasteiger partial charge < -0.3 is 15.2 Å². The molecule has 1 heterocycles. The smallest absolute Gasteiger partial charge is 0.352 e. The maximum absolute atomic E-state index is 13.0. The molecular weight excluding hydrogens is 478 g/mol. The summed E-state index contributed by atoms with van der Waals surface area (Å²) in [7, 11) is 0. The molecule has 1 saturated carbocycles. The number of nitrogens with zero attached hydrogens (tertiary/aromatic N) is 2. The van der Waals surface area contributed by atoms with Crippen molar-refractivity contribution < 1.29 is 35.7 Å². The highest BCUT2D eigenvalue weighted by atomic mass is 19.4. The average Bonchev–Trinajstić information content (AvgIpc) is 3.25. The fourth-order valence-electron chi connectivity index (χ4n) is 3.86. The predicted molar refractivity (Wildman–Crippen MR) is 114 cm³/mol. The molecule has 12 heteroatoms. The number of halogens is 6. The molecule has 1 amide bonds. The van der Waals surface area contributed by atoms with Gasteiger partial charge >= 0.3 is 12.4 Å². The van der Waals surface area contributed by atoms with Crippen LogP contribution in [0.1, 0.15) is 79.7 Å². The molecule has 1 fully saturated rings. The number of carbonyl (C=O) groups is 1. The second-order valence-electron chi connectivity index (χ2n) is 9.87. The molecule has 0 radical (unpaired) electrons. The lowest BCUT2D eigenvalue weighted by Gasteiger charge is -2.29. The third-order valence-electron chi connectivity index (χ3n) is 5.91. The van der Waals surface area contributed by atoms with Crippen molar-refractivity contribution in [2.45, 2.75) is 76.8 Å². The topological polar surface area (TPSA) is 80.0 Å². The maximum Gasteiger partial charge on any atom is 0.416 e. The van der Waals surface area contributed by atoms with E-state index < -0.39 is 35.0 Å². The number of hydrogen-bond acceptors (Lipinski definition) is 5. The molecule has 35 heavy (non-hydrogen) atoms. The molecule has 6 nitrogen and oxygen atoms in total. The number of alkyl halides is 6. The van der Waals surface area contributed by atoms with Crippen molar-refractivity contribution in [3.8, 4) is 0 Å². The van der Waals surface area contributed by atoms with E-state index >= 15 is 0 Å². The van der Waals surface area contributed by atoms with E-state index in [1.807, 2.05) is 20.8 Å². The van der Waals surface area contributed by atoms with Crippen molar-refractivity contribution in [1.82, 2.24) is 20.8 Å². The van der Waals surface area contributed by atoms with Crippen molar-refractivity contribution in [3.63, 3.8) is 0 Å². The van der Waals surface area contributed by atoms with E-state index in [4.69, 9.17) is 4.52 Å². The average molecular weight is 506 g/mol. The fraction of sp³-hybridized carbons (Fsp3) is 0.609. The molecular formula is C23H28F6N4O2. The van der Waals surface area contributed by atoms with E-state index in [2.05, 4.69) is 20.8 Å². The first-order valence-corrected chi connectivity index (χ1v) is 11.3. The summed E-state index contributed by atoms with van der Waals surface area (Å²) in [5.41, 5.74) is -3.94. The van der Waals surface area contributed by atoms with Crippen molar-refractivity contribution >= 4 is 5.91 Å². The first kappa shape index (κ1) is 27.0. The number of amides is 1. The van der Waals surface area contributed by atoms with Crippen LogP contribution < -0.4 is 10.6 Å². The standard InChI is InChI=1S/C23H28F6N4O2/c1-21(2,3)20-32-18(33-35-20)12-30-17-6-4-13(5-7-17)11-31-19(34)14-8-15(22(24,25)26)10-16(9-14)23(27,28)29/h8-10,13,17,30H,4-7,11-12H2,1-3H3,(H,31,34). The molecule has 1 aliphatic rings. The molecule has 2 aromatic rings. The van der Waals surface area contributed by atoms with Gasteiger partial charge in [-0.1, -0.05) is 25.9 Å². The lowest BCUT2D eigenvalue weighted by molar-refractivity contribution is -0.143. The van der Waals surface area contributed by atoms with Crippen LogP contribution in [0.25, 0.3) is 0 Å². The molecule has 3 rings (SSSR count). The zero-order valence-corrected chi connectivity index (χ0v) is 19.6. The van der Waals surface area contributed by atoms with Gasteiger partial charge in [-0.2, -0.15) is 31.3 Å². The van der Waals surface area contributed by atoms with Crippen molar-refractivity contribution in [2.75, 3.05) is 6.54 Å². The summed E-state index contributed by atoms with van der Waals surface area (Å²) in [5, 5.41) is 9.82. The minimum atomic E-state index is -5.00. The van der Waals surface area contributed by atoms with Gasteiger partial charge in [-0.05, 0) is 49.8 Å². The van der Waals surface area contributed by atoms with Crippen LogP contribution >= 0.6 is 0 Å². The molecule has 2 N–H and O–H groups in total. The number of aromatic nitrogens is 2. The molecule has 0 atom stereocenters. The monoisotopic (exact) mass is 506 g/mol. The Kier molecular flexibility index (Phi) is 7.83. The van der Waals surface area contributed by atoms with Crippen molar-refractivity contribution in [3.05, 3.63) is 46.6 Å². The molecule has 0 bridgehead atoms. The lowest BCUT2D eigenvalue weighted by atomic mass is 9.86. The normalized spacial score (nSPS) is 19.6. The van der Waals surface area contributed by atoms with Gasteiger partial charge in [0.15, 0.2) is 5.82 Å². The molecule has 0 aliphatic heterocycles. The molecule has 1 aromatic heterocycles. The quantitative estimate of drug-likeness (QED) is 0.507. The van der Waals surface area contributed by atoms with Crippen LogP contribution in [0, 0.1) is 5.92 Å². The minimum Gasteiger partial charge on any atom is -0.352 e. The molecule has 194 valence electrons. The molecule has 0 unspecified atom stereocenters. The van der Waals surface area contributed by atoms with Crippen LogP contribution in [0.5, 0.6) is 0 Å². The van der Waals surface area contributed by atoms with E-state index in [1.54, 1.807) is 0 Å². The Bertz CT molecular complexity index is 986. The second kappa shape index (κ2) is 10.2. The highest BCUT2D eigenvalue weighted by Crippen LogP contribution is 2.36. The summed E-state index contributed by atoms with van der Waals surface area (Å²) in [6.07, 6.45) is -6.92. The zero-order chi connectivity index (χ0) is 26.0. The first-order valence-electron chi connectivity index (χ1n) is 11.3. The van der Waals surface area contributed by atoms with Crippen LogP contribution in [-0.4, -0.2) is 28.6 Å². The van der Waals surface area contributed by atoms with E-state index in [0.717, 1.165) is 25.7 Å². The number of benzene rings is 1. The third kappa shape index (κ3) is 7.42. The predicted octanol–water partition coefficient (Wildman–Crippen LogP) is 5.48. The van der Waals surface area contributed by atoms with Gasteiger partial charge in [0.1, 0.15) is 0 Å². The molecule has 1 aromatic carbocycles. The van der Waals surface area contributed by atoms with Crippen LogP contribution in [-0.2, 0) is 24.3 Å². The Hall–Kier alpha value is -2.63. The zero-order valence-electron chi connectivity index (χ0n) is 19.6. The van der Waals surface area contributed by atoms with Crippen LogP contribution in [0.15, 0.2) is 22.7 Å². The SMILES string of the molecule is CC(C)(C)c1nc(CNC2CCC(CNC(=O)c3cc(C(F)(F)F)cc(C(F)(F)F)c3)CC2)no1. The van der Waals surface area contributed by atoms with Crippen LogP contribution in [0.4, 0.5) is 26.3 Å². The van der Waals surface area contributed by atoms with Gasteiger partial charge in [0.2, 0.25) is 5.89 Å².